The minimum Gasteiger partial charge on any atom is -0.497 e. The van der Waals surface area contributed by atoms with Gasteiger partial charge in [-0.05, 0) is 48.4 Å². The fraction of sp³-hybridized carbons (Fsp3) is 0.409. The van der Waals surface area contributed by atoms with Crippen LogP contribution in [-0.2, 0) is 21.1 Å². The molecule has 0 N–H and O–H groups in total. The normalized spacial score (nSPS) is 23.3. The van der Waals surface area contributed by atoms with Gasteiger partial charge in [-0.2, -0.15) is 0 Å². The van der Waals surface area contributed by atoms with E-state index in [0.717, 1.165) is 17.7 Å². The number of benzene rings is 2. The highest BCUT2D eigenvalue weighted by molar-refractivity contribution is 7.91. The third-order valence-electron chi connectivity index (χ3n) is 5.87. The lowest BCUT2D eigenvalue weighted by molar-refractivity contribution is -0.123. The van der Waals surface area contributed by atoms with Crippen LogP contribution in [0.5, 0.6) is 11.5 Å². The molecule has 2 aliphatic rings. The Hall–Kier alpha value is -2.58. The average molecular weight is 431 g/mol. The van der Waals surface area contributed by atoms with E-state index in [-0.39, 0.29) is 36.0 Å². The molecule has 0 saturated carbocycles. The molecule has 0 aromatic heterocycles. The van der Waals surface area contributed by atoms with Crippen molar-refractivity contribution >= 4 is 21.4 Å². The van der Waals surface area contributed by atoms with Gasteiger partial charge in [0.05, 0.1) is 38.3 Å². The van der Waals surface area contributed by atoms with E-state index in [1.54, 1.807) is 31.3 Å². The number of carbonyl (C=O) groups is 1. The molecule has 0 unspecified atom stereocenters. The summed E-state index contributed by atoms with van der Waals surface area (Å²) in [5.41, 5.74) is 1.80. The second kappa shape index (κ2) is 8.28. The number of hydrogen-bond acceptors (Lipinski definition) is 6. The number of piperazine rings is 1. The lowest BCUT2D eigenvalue weighted by Gasteiger charge is -2.43. The Morgan fingerprint density at radius 1 is 0.967 bits per heavy atom. The maximum Gasteiger partial charge on any atom is 0.241 e. The zero-order valence-corrected chi connectivity index (χ0v) is 18.0. The van der Waals surface area contributed by atoms with Gasteiger partial charge in [-0.15, -0.1) is 0 Å². The Kier molecular flexibility index (Phi) is 5.71. The summed E-state index contributed by atoms with van der Waals surface area (Å²) in [5, 5.41) is 0. The van der Waals surface area contributed by atoms with Crippen LogP contribution in [0, 0.1) is 0 Å². The Balaban J connectivity index is 1.56. The summed E-state index contributed by atoms with van der Waals surface area (Å²) in [6.07, 6.45) is 0.719. The number of methoxy groups -OCH3 is 2. The van der Waals surface area contributed by atoms with Crippen LogP contribution in [0.4, 0.5) is 5.69 Å². The van der Waals surface area contributed by atoms with Crippen molar-refractivity contribution in [1.82, 2.24) is 4.90 Å². The molecule has 8 heteroatoms. The van der Waals surface area contributed by atoms with E-state index in [0.29, 0.717) is 18.0 Å². The topological polar surface area (TPSA) is 76.2 Å². The van der Waals surface area contributed by atoms with E-state index in [4.69, 9.17) is 9.47 Å². The molecule has 2 aromatic rings. The number of nitrogens with zero attached hydrogens (tertiary/aromatic N) is 2. The zero-order valence-electron chi connectivity index (χ0n) is 17.2. The maximum absolute atomic E-state index is 13.1. The van der Waals surface area contributed by atoms with Gasteiger partial charge >= 0.3 is 0 Å². The van der Waals surface area contributed by atoms with Crippen LogP contribution in [0.2, 0.25) is 0 Å². The third-order valence-corrected chi connectivity index (χ3v) is 7.57. The number of hydrogen-bond donors (Lipinski definition) is 0. The van der Waals surface area contributed by atoms with Gasteiger partial charge in [0, 0.05) is 18.3 Å². The van der Waals surface area contributed by atoms with Crippen LogP contribution in [-0.4, -0.2) is 70.1 Å². The van der Waals surface area contributed by atoms with Crippen LogP contribution < -0.4 is 14.4 Å². The van der Waals surface area contributed by atoms with Gasteiger partial charge in [-0.1, -0.05) is 12.1 Å². The van der Waals surface area contributed by atoms with Crippen molar-refractivity contribution in [3.63, 3.8) is 0 Å². The first kappa shape index (κ1) is 20.7. The summed E-state index contributed by atoms with van der Waals surface area (Å²) >= 11 is 0. The number of fused-ring (bicyclic) bond motifs is 1. The highest BCUT2D eigenvalue weighted by Gasteiger charge is 2.49. The van der Waals surface area contributed by atoms with Gasteiger partial charge in [0.2, 0.25) is 5.91 Å². The lowest BCUT2D eigenvalue weighted by Crippen LogP contribution is -2.62. The number of ether oxygens (including phenoxy) is 2. The monoisotopic (exact) mass is 430 g/mol. The summed E-state index contributed by atoms with van der Waals surface area (Å²) in [5.74, 6) is 1.47. The van der Waals surface area contributed by atoms with E-state index in [1.807, 2.05) is 41.3 Å². The van der Waals surface area contributed by atoms with E-state index < -0.39 is 9.84 Å². The Bertz CT molecular complexity index is 1020. The summed E-state index contributed by atoms with van der Waals surface area (Å²) in [7, 11) is 0.000489. The van der Waals surface area contributed by atoms with E-state index >= 15 is 0 Å². The minimum absolute atomic E-state index is 0.00883. The van der Waals surface area contributed by atoms with Crippen LogP contribution in [0.3, 0.4) is 0 Å². The fourth-order valence-corrected chi connectivity index (χ4v) is 6.36. The van der Waals surface area contributed by atoms with Gasteiger partial charge in [0.15, 0.2) is 9.84 Å². The van der Waals surface area contributed by atoms with Gasteiger partial charge < -0.3 is 14.4 Å². The zero-order chi connectivity index (χ0) is 21.3. The Morgan fingerprint density at radius 3 is 2.37 bits per heavy atom. The molecule has 2 aliphatic heterocycles. The number of rotatable bonds is 6. The van der Waals surface area contributed by atoms with Crippen LogP contribution in [0.15, 0.2) is 48.5 Å². The van der Waals surface area contributed by atoms with Crippen molar-refractivity contribution in [3.05, 3.63) is 54.1 Å². The molecule has 2 atom stereocenters. The highest BCUT2D eigenvalue weighted by Crippen LogP contribution is 2.32. The largest absolute Gasteiger partial charge is 0.497 e. The molecule has 0 radical (unpaired) electrons. The van der Waals surface area contributed by atoms with Crippen molar-refractivity contribution in [1.29, 1.82) is 0 Å². The quantitative estimate of drug-likeness (QED) is 0.695. The second-order valence-corrected chi connectivity index (χ2v) is 9.90. The number of amides is 1. The molecule has 2 heterocycles. The van der Waals surface area contributed by atoms with Crippen molar-refractivity contribution < 1.29 is 22.7 Å². The summed E-state index contributed by atoms with van der Waals surface area (Å²) in [4.78, 5) is 16.8. The second-order valence-electron chi connectivity index (χ2n) is 7.75. The molecule has 1 amide bonds. The molecule has 7 nitrogen and oxygen atoms in total. The summed E-state index contributed by atoms with van der Waals surface area (Å²) < 4.78 is 35.4. The average Bonchev–Trinajstić information content (AvgIpc) is 3.07. The van der Waals surface area contributed by atoms with Gasteiger partial charge in [-0.25, -0.2) is 8.42 Å². The van der Waals surface area contributed by atoms with E-state index in [2.05, 4.69) is 0 Å². The molecule has 160 valence electrons. The molecule has 0 aliphatic carbocycles. The molecule has 0 spiro atoms. The first-order valence-corrected chi connectivity index (χ1v) is 11.8. The molecular formula is C22H26N2O5S. The Morgan fingerprint density at radius 2 is 1.67 bits per heavy atom. The SMILES string of the molecule is COc1ccc(N2C(=O)CN(CCc3cccc(OC)c3)[C@H]3CS(=O)(=O)C[C@H]32)cc1. The maximum atomic E-state index is 13.1. The van der Waals surface area contributed by atoms with Crippen LogP contribution >= 0.6 is 0 Å². The molecule has 2 aromatic carbocycles. The van der Waals surface area contributed by atoms with Crippen molar-refractivity contribution in [2.45, 2.75) is 18.5 Å². The van der Waals surface area contributed by atoms with Gasteiger partial charge in [0.25, 0.3) is 0 Å². The minimum atomic E-state index is -3.21. The molecule has 2 saturated heterocycles. The predicted molar refractivity (Wildman–Crippen MR) is 115 cm³/mol. The molecule has 0 bridgehead atoms. The molecule has 2 fully saturated rings. The van der Waals surface area contributed by atoms with Crippen molar-refractivity contribution in [2.75, 3.05) is 43.7 Å². The van der Waals surface area contributed by atoms with Gasteiger partial charge in [-0.3, -0.25) is 9.69 Å². The van der Waals surface area contributed by atoms with Gasteiger partial charge in [0.1, 0.15) is 11.5 Å². The summed E-state index contributed by atoms with van der Waals surface area (Å²) in [6.45, 7) is 0.818. The smallest absolute Gasteiger partial charge is 0.241 e. The molecule has 30 heavy (non-hydrogen) atoms. The molecule has 4 rings (SSSR count). The first-order chi connectivity index (χ1) is 14.4. The Labute approximate surface area is 177 Å². The van der Waals surface area contributed by atoms with E-state index in [9.17, 15) is 13.2 Å². The number of anilines is 1. The fourth-order valence-electron chi connectivity index (χ4n) is 4.38. The predicted octanol–water partition coefficient (Wildman–Crippen LogP) is 1.76. The third kappa shape index (κ3) is 4.15. The standard InChI is InChI=1S/C22H26N2O5S/c1-28-18-8-6-17(7-9-18)24-21-15-30(26,27)14-20(21)23(13-22(24)25)11-10-16-4-3-5-19(12-16)29-2/h3-9,12,20-21H,10-11,13-15H2,1-2H3/t20-,21+/m0/s1. The van der Waals surface area contributed by atoms with Crippen LogP contribution in [0.1, 0.15) is 5.56 Å². The first-order valence-electron chi connectivity index (χ1n) is 9.94. The lowest BCUT2D eigenvalue weighted by atomic mass is 10.0. The summed E-state index contributed by atoms with van der Waals surface area (Å²) in [6, 6.07) is 14.4. The van der Waals surface area contributed by atoms with E-state index in [1.165, 1.54) is 0 Å². The van der Waals surface area contributed by atoms with Crippen molar-refractivity contribution in [3.8, 4) is 11.5 Å². The number of sulfone groups is 1. The van der Waals surface area contributed by atoms with Crippen LogP contribution in [0.25, 0.3) is 0 Å². The van der Waals surface area contributed by atoms with Crippen molar-refractivity contribution in [2.24, 2.45) is 0 Å². The number of carbonyl (C=O) groups excluding carboxylic acids is 1. The molecular weight excluding hydrogens is 404 g/mol. The highest BCUT2D eigenvalue weighted by atomic mass is 32.2.